The number of thiophene rings is 1. The highest BCUT2D eigenvalue weighted by Gasteiger charge is 2.28. The Bertz CT molecular complexity index is 843. The number of hydrogen-bond donors (Lipinski definition) is 2. The Morgan fingerprint density at radius 1 is 1.29 bits per heavy atom. The van der Waals surface area contributed by atoms with Crippen LogP contribution in [-0.4, -0.2) is 18.2 Å². The summed E-state index contributed by atoms with van der Waals surface area (Å²) in [7, 11) is 1.43. The third-order valence-corrected chi connectivity index (χ3v) is 6.53. The van der Waals surface area contributed by atoms with Gasteiger partial charge in [-0.2, -0.15) is 0 Å². The molecular formula is C22H28N2O2S2. The van der Waals surface area contributed by atoms with Crippen LogP contribution in [0.5, 0.6) is 0 Å². The third-order valence-electron chi connectivity index (χ3n) is 5.16. The molecule has 2 N–H and O–H groups in total. The highest BCUT2D eigenvalue weighted by atomic mass is 32.1. The van der Waals surface area contributed by atoms with E-state index in [4.69, 9.17) is 17.0 Å². The zero-order valence-electron chi connectivity index (χ0n) is 16.8. The Morgan fingerprint density at radius 2 is 2.04 bits per heavy atom. The summed E-state index contributed by atoms with van der Waals surface area (Å²) in [6, 6.07) is 8.35. The number of carbonyl (C=O) groups excluding carboxylic acids is 1. The number of unbranched alkanes of at least 4 members (excludes halogenated alkanes) is 1. The van der Waals surface area contributed by atoms with Crippen molar-refractivity contribution in [1.29, 1.82) is 0 Å². The normalized spacial score (nSPS) is 15.6. The number of ether oxygens (including phenoxy) is 1. The van der Waals surface area contributed by atoms with Gasteiger partial charge in [0, 0.05) is 10.6 Å². The number of benzene rings is 1. The number of carbonyl (C=O) groups is 1. The Kier molecular flexibility index (Phi) is 7.08. The lowest BCUT2D eigenvalue weighted by atomic mass is 9.88. The molecule has 1 atom stereocenters. The molecule has 1 aromatic carbocycles. The monoisotopic (exact) mass is 416 g/mol. The number of thiocarbonyl (C=S) groups is 1. The van der Waals surface area contributed by atoms with E-state index >= 15 is 0 Å². The molecule has 0 fully saturated rings. The van der Waals surface area contributed by atoms with Crippen molar-refractivity contribution in [2.24, 2.45) is 5.92 Å². The predicted octanol–water partition coefficient (Wildman–Crippen LogP) is 5.81. The van der Waals surface area contributed by atoms with Crippen LogP contribution < -0.4 is 10.6 Å². The van der Waals surface area contributed by atoms with Gasteiger partial charge in [0.1, 0.15) is 5.00 Å². The smallest absolute Gasteiger partial charge is 0.341 e. The fourth-order valence-corrected chi connectivity index (χ4v) is 5.25. The molecule has 28 heavy (non-hydrogen) atoms. The minimum absolute atomic E-state index is 0.294. The van der Waals surface area contributed by atoms with Crippen LogP contribution in [0.3, 0.4) is 0 Å². The number of nitrogens with one attached hydrogen (secondary N) is 2. The zero-order chi connectivity index (χ0) is 20.1. The van der Waals surface area contributed by atoms with Gasteiger partial charge in [0.15, 0.2) is 5.11 Å². The molecule has 1 unspecified atom stereocenters. The van der Waals surface area contributed by atoms with Gasteiger partial charge >= 0.3 is 5.97 Å². The average molecular weight is 417 g/mol. The maximum absolute atomic E-state index is 12.4. The topological polar surface area (TPSA) is 50.4 Å². The van der Waals surface area contributed by atoms with Crippen LogP contribution in [0.15, 0.2) is 24.3 Å². The van der Waals surface area contributed by atoms with E-state index in [0.717, 1.165) is 41.9 Å². The van der Waals surface area contributed by atoms with Crippen LogP contribution in [0, 0.1) is 5.92 Å². The van der Waals surface area contributed by atoms with Crippen LogP contribution in [0.4, 0.5) is 10.7 Å². The number of hydrogen-bond acceptors (Lipinski definition) is 4. The van der Waals surface area contributed by atoms with Gasteiger partial charge < -0.3 is 15.4 Å². The van der Waals surface area contributed by atoms with Gasteiger partial charge in [0.25, 0.3) is 0 Å². The Labute approximate surface area is 176 Å². The number of fused-ring (bicyclic) bond motifs is 1. The Balaban J connectivity index is 1.72. The van der Waals surface area contributed by atoms with Crippen molar-refractivity contribution in [3.05, 3.63) is 45.8 Å². The van der Waals surface area contributed by atoms with Crippen molar-refractivity contribution in [3.8, 4) is 0 Å². The van der Waals surface area contributed by atoms with E-state index in [1.165, 1.54) is 30.4 Å². The van der Waals surface area contributed by atoms with Crippen molar-refractivity contribution >= 4 is 45.3 Å². The zero-order valence-corrected chi connectivity index (χ0v) is 18.4. The molecular weight excluding hydrogens is 388 g/mol. The first-order chi connectivity index (χ1) is 13.5. The summed E-state index contributed by atoms with van der Waals surface area (Å²) >= 11 is 7.12. The summed E-state index contributed by atoms with van der Waals surface area (Å²) in [4.78, 5) is 13.7. The molecule has 1 heterocycles. The van der Waals surface area contributed by atoms with E-state index in [1.54, 1.807) is 11.3 Å². The molecule has 0 saturated heterocycles. The van der Waals surface area contributed by atoms with Crippen LogP contribution in [0.2, 0.25) is 0 Å². The molecule has 1 aliphatic carbocycles. The predicted molar refractivity (Wildman–Crippen MR) is 122 cm³/mol. The molecule has 0 radical (unpaired) electrons. The summed E-state index contributed by atoms with van der Waals surface area (Å²) < 4.78 is 5.04. The molecule has 0 amide bonds. The van der Waals surface area contributed by atoms with E-state index in [2.05, 4.69) is 36.6 Å². The van der Waals surface area contributed by atoms with Gasteiger partial charge in [-0.15, -0.1) is 11.3 Å². The van der Waals surface area contributed by atoms with E-state index in [9.17, 15) is 4.79 Å². The van der Waals surface area contributed by atoms with Crippen molar-refractivity contribution in [1.82, 2.24) is 0 Å². The Morgan fingerprint density at radius 3 is 2.71 bits per heavy atom. The van der Waals surface area contributed by atoms with Gasteiger partial charge in [0.2, 0.25) is 0 Å². The highest BCUT2D eigenvalue weighted by Crippen LogP contribution is 2.40. The molecule has 0 bridgehead atoms. The number of rotatable bonds is 6. The van der Waals surface area contributed by atoms with E-state index in [-0.39, 0.29) is 5.97 Å². The molecule has 1 aliphatic rings. The molecule has 0 spiro atoms. The maximum atomic E-state index is 12.4. The number of methoxy groups -OCH3 is 1. The third kappa shape index (κ3) is 4.92. The lowest BCUT2D eigenvalue weighted by Crippen LogP contribution is -2.20. The number of aryl methyl sites for hydroxylation is 1. The molecule has 150 valence electrons. The first kappa shape index (κ1) is 20.8. The van der Waals surface area contributed by atoms with Crippen LogP contribution in [0.25, 0.3) is 0 Å². The molecule has 4 nitrogen and oxygen atoms in total. The maximum Gasteiger partial charge on any atom is 0.341 e. The van der Waals surface area contributed by atoms with E-state index < -0.39 is 0 Å². The van der Waals surface area contributed by atoms with E-state index in [0.29, 0.717) is 16.6 Å². The number of anilines is 2. The minimum Gasteiger partial charge on any atom is -0.465 e. The molecule has 2 aromatic rings. The fraction of sp³-hybridized carbons (Fsp3) is 0.455. The van der Waals surface area contributed by atoms with Crippen molar-refractivity contribution in [2.45, 2.75) is 52.4 Å². The summed E-state index contributed by atoms with van der Waals surface area (Å²) in [6.45, 7) is 4.45. The fourth-order valence-electron chi connectivity index (χ4n) is 3.56. The second-order valence-corrected chi connectivity index (χ2v) is 8.94. The number of esters is 1. The van der Waals surface area contributed by atoms with Gasteiger partial charge in [-0.05, 0) is 73.5 Å². The molecule has 3 rings (SSSR count). The lowest BCUT2D eigenvalue weighted by molar-refractivity contribution is 0.0601. The highest BCUT2D eigenvalue weighted by molar-refractivity contribution is 7.80. The second kappa shape index (κ2) is 9.52. The van der Waals surface area contributed by atoms with Crippen molar-refractivity contribution in [3.63, 3.8) is 0 Å². The molecule has 0 saturated carbocycles. The quantitative estimate of drug-likeness (QED) is 0.460. The molecule has 6 heteroatoms. The SMILES string of the molecule is CCCCc1ccc(NC(=S)Nc2sc3c(c2C(=O)OC)CCC(C)C3)cc1. The average Bonchev–Trinajstić information content (AvgIpc) is 3.03. The summed E-state index contributed by atoms with van der Waals surface area (Å²) in [6.07, 6.45) is 6.51. The summed E-state index contributed by atoms with van der Waals surface area (Å²) in [5.74, 6) is 0.346. The summed E-state index contributed by atoms with van der Waals surface area (Å²) in [5, 5.41) is 7.72. The van der Waals surface area contributed by atoms with Crippen molar-refractivity contribution in [2.75, 3.05) is 17.7 Å². The van der Waals surface area contributed by atoms with Crippen LogP contribution in [0.1, 0.15) is 59.5 Å². The second-order valence-electron chi connectivity index (χ2n) is 7.43. The van der Waals surface area contributed by atoms with E-state index in [1.807, 2.05) is 12.1 Å². The van der Waals surface area contributed by atoms with Gasteiger partial charge in [-0.25, -0.2) is 4.79 Å². The first-order valence-corrected chi connectivity index (χ1v) is 11.1. The minimum atomic E-state index is -0.294. The van der Waals surface area contributed by atoms with Crippen molar-refractivity contribution < 1.29 is 9.53 Å². The molecule has 0 aliphatic heterocycles. The lowest BCUT2D eigenvalue weighted by Gasteiger charge is -2.18. The van der Waals surface area contributed by atoms with Gasteiger partial charge in [-0.1, -0.05) is 32.4 Å². The molecule has 1 aromatic heterocycles. The summed E-state index contributed by atoms with van der Waals surface area (Å²) in [5.41, 5.74) is 4.04. The first-order valence-electron chi connectivity index (χ1n) is 9.91. The Hall–Kier alpha value is -1.92. The van der Waals surface area contributed by atoms with Gasteiger partial charge in [-0.3, -0.25) is 0 Å². The van der Waals surface area contributed by atoms with Gasteiger partial charge in [0.05, 0.1) is 12.7 Å². The largest absolute Gasteiger partial charge is 0.465 e. The standard InChI is InChI=1S/C22H28N2O2S2/c1-4-5-6-15-8-10-16(11-9-15)23-22(27)24-20-19(21(25)26-3)17-12-7-14(2)13-18(17)28-20/h8-11,14H,4-7,12-13H2,1-3H3,(H2,23,24,27). The van der Waals surface area contributed by atoms with Crippen LogP contribution >= 0.6 is 23.6 Å². The van der Waals surface area contributed by atoms with Crippen LogP contribution in [-0.2, 0) is 24.0 Å².